The molecule has 0 aromatic heterocycles. The second kappa shape index (κ2) is 7.77. The first-order chi connectivity index (χ1) is 7.49. The number of rotatable bonds is 4. The van der Waals surface area contributed by atoms with Gasteiger partial charge in [-0.3, -0.25) is 4.79 Å². The summed E-state index contributed by atoms with van der Waals surface area (Å²) in [7, 11) is 0. The monoisotopic (exact) mass is 296 g/mol. The average molecular weight is 298 g/mol. The molecule has 0 bridgehead atoms. The van der Waals surface area contributed by atoms with Crippen molar-refractivity contribution in [3.05, 3.63) is 33.8 Å². The minimum absolute atomic E-state index is 0. The fourth-order valence-corrected chi connectivity index (χ4v) is 1.73. The van der Waals surface area contributed by atoms with Crippen molar-refractivity contribution in [2.24, 2.45) is 5.73 Å². The van der Waals surface area contributed by atoms with Gasteiger partial charge in [-0.1, -0.05) is 23.2 Å². The molecule has 1 aromatic rings. The predicted molar refractivity (Wildman–Crippen MR) is 74.3 cm³/mol. The standard InChI is InChI=1S/C11H14Cl2N2O.ClH/c1-7(14)2-3-15-11(16)8-4-9(12)6-10(13)5-8;/h4-7H,2-3,14H2,1H3,(H,15,16);1H. The van der Waals surface area contributed by atoms with Crippen LogP contribution in [0.15, 0.2) is 18.2 Å². The molecule has 1 amide bonds. The van der Waals surface area contributed by atoms with Gasteiger partial charge in [0, 0.05) is 28.2 Å². The molecule has 3 nitrogen and oxygen atoms in total. The Kier molecular flexibility index (Phi) is 7.55. The fraction of sp³-hybridized carbons (Fsp3) is 0.364. The topological polar surface area (TPSA) is 55.1 Å². The molecule has 1 atom stereocenters. The number of nitrogens with two attached hydrogens (primary N) is 1. The summed E-state index contributed by atoms with van der Waals surface area (Å²) in [5, 5.41) is 3.65. The Morgan fingerprint density at radius 3 is 2.35 bits per heavy atom. The number of carbonyl (C=O) groups excluding carboxylic acids is 1. The van der Waals surface area contributed by atoms with Crippen molar-refractivity contribution >= 4 is 41.5 Å². The van der Waals surface area contributed by atoms with Crippen molar-refractivity contribution in [2.75, 3.05) is 6.54 Å². The van der Waals surface area contributed by atoms with Crippen LogP contribution in [-0.4, -0.2) is 18.5 Å². The van der Waals surface area contributed by atoms with Gasteiger partial charge in [-0.15, -0.1) is 12.4 Å². The summed E-state index contributed by atoms with van der Waals surface area (Å²) in [4.78, 5) is 11.7. The number of benzene rings is 1. The Morgan fingerprint density at radius 2 is 1.88 bits per heavy atom. The molecule has 0 heterocycles. The number of hydrogen-bond acceptors (Lipinski definition) is 2. The predicted octanol–water partition coefficient (Wildman–Crippen LogP) is 2.88. The van der Waals surface area contributed by atoms with Gasteiger partial charge in [0.2, 0.25) is 0 Å². The van der Waals surface area contributed by atoms with Crippen molar-refractivity contribution in [2.45, 2.75) is 19.4 Å². The van der Waals surface area contributed by atoms with E-state index in [4.69, 9.17) is 28.9 Å². The van der Waals surface area contributed by atoms with Gasteiger partial charge in [0.25, 0.3) is 5.91 Å². The highest BCUT2D eigenvalue weighted by molar-refractivity contribution is 6.35. The lowest BCUT2D eigenvalue weighted by Crippen LogP contribution is -2.28. The van der Waals surface area contributed by atoms with E-state index in [1.54, 1.807) is 18.2 Å². The first-order valence-electron chi connectivity index (χ1n) is 4.99. The molecule has 0 spiro atoms. The second-order valence-electron chi connectivity index (χ2n) is 3.68. The van der Waals surface area contributed by atoms with Gasteiger partial charge < -0.3 is 11.1 Å². The molecular weight excluding hydrogens is 282 g/mol. The zero-order valence-corrected chi connectivity index (χ0v) is 11.7. The van der Waals surface area contributed by atoms with Crippen molar-refractivity contribution in [1.29, 1.82) is 0 Å². The van der Waals surface area contributed by atoms with Crippen LogP contribution in [0.5, 0.6) is 0 Å². The van der Waals surface area contributed by atoms with Crippen LogP contribution in [0.2, 0.25) is 10.0 Å². The minimum Gasteiger partial charge on any atom is -0.352 e. The molecule has 0 aliphatic heterocycles. The number of hydrogen-bond donors (Lipinski definition) is 2. The van der Waals surface area contributed by atoms with Crippen LogP contribution in [0.25, 0.3) is 0 Å². The van der Waals surface area contributed by atoms with E-state index in [0.29, 0.717) is 22.2 Å². The lowest BCUT2D eigenvalue weighted by molar-refractivity contribution is 0.0953. The molecule has 17 heavy (non-hydrogen) atoms. The molecule has 3 N–H and O–H groups in total. The third-order valence-electron chi connectivity index (χ3n) is 2.01. The van der Waals surface area contributed by atoms with E-state index < -0.39 is 0 Å². The SMILES string of the molecule is CC(N)CCNC(=O)c1cc(Cl)cc(Cl)c1.Cl. The van der Waals surface area contributed by atoms with E-state index in [-0.39, 0.29) is 24.4 Å². The van der Waals surface area contributed by atoms with E-state index in [1.165, 1.54) is 0 Å². The second-order valence-corrected chi connectivity index (χ2v) is 4.55. The number of halogens is 3. The molecule has 96 valence electrons. The first-order valence-corrected chi connectivity index (χ1v) is 5.74. The van der Waals surface area contributed by atoms with Crippen LogP contribution >= 0.6 is 35.6 Å². The van der Waals surface area contributed by atoms with E-state index in [9.17, 15) is 4.79 Å². The highest BCUT2D eigenvalue weighted by Gasteiger charge is 2.07. The molecule has 1 rings (SSSR count). The van der Waals surface area contributed by atoms with E-state index >= 15 is 0 Å². The van der Waals surface area contributed by atoms with Gasteiger partial charge in [-0.05, 0) is 31.5 Å². The molecule has 0 aliphatic carbocycles. The minimum atomic E-state index is -0.190. The Hall–Kier alpha value is -0.480. The molecule has 0 aliphatic rings. The van der Waals surface area contributed by atoms with Gasteiger partial charge in [0.05, 0.1) is 0 Å². The smallest absolute Gasteiger partial charge is 0.251 e. The van der Waals surface area contributed by atoms with Gasteiger partial charge in [-0.2, -0.15) is 0 Å². The maximum atomic E-state index is 11.7. The number of nitrogens with one attached hydrogen (secondary N) is 1. The summed E-state index contributed by atoms with van der Waals surface area (Å²) in [6, 6.07) is 4.81. The first kappa shape index (κ1) is 16.5. The fourth-order valence-electron chi connectivity index (χ4n) is 1.20. The Morgan fingerprint density at radius 1 is 1.35 bits per heavy atom. The summed E-state index contributed by atoms with van der Waals surface area (Å²) in [5.74, 6) is -0.190. The normalized spacial score (nSPS) is 11.5. The lowest BCUT2D eigenvalue weighted by Gasteiger charge is -2.07. The summed E-state index contributed by atoms with van der Waals surface area (Å²) in [6.07, 6.45) is 0.736. The van der Waals surface area contributed by atoms with E-state index in [2.05, 4.69) is 5.32 Å². The van der Waals surface area contributed by atoms with Crippen LogP contribution < -0.4 is 11.1 Å². The highest BCUT2D eigenvalue weighted by Crippen LogP contribution is 2.18. The van der Waals surface area contributed by atoms with Crippen molar-refractivity contribution in [1.82, 2.24) is 5.32 Å². The van der Waals surface area contributed by atoms with Gasteiger partial charge >= 0.3 is 0 Å². The van der Waals surface area contributed by atoms with Gasteiger partial charge in [0.15, 0.2) is 0 Å². The molecule has 0 fully saturated rings. The van der Waals surface area contributed by atoms with Crippen molar-refractivity contribution < 1.29 is 4.79 Å². The summed E-state index contributed by atoms with van der Waals surface area (Å²) < 4.78 is 0. The third-order valence-corrected chi connectivity index (χ3v) is 2.45. The number of carbonyl (C=O) groups is 1. The van der Waals surface area contributed by atoms with E-state index in [0.717, 1.165) is 6.42 Å². The third kappa shape index (κ3) is 6.13. The Labute approximate surface area is 117 Å². The highest BCUT2D eigenvalue weighted by atomic mass is 35.5. The average Bonchev–Trinajstić information content (AvgIpc) is 2.15. The van der Waals surface area contributed by atoms with Gasteiger partial charge in [-0.25, -0.2) is 0 Å². The molecule has 1 aromatic carbocycles. The Bertz CT molecular complexity index is 363. The molecule has 0 saturated carbocycles. The zero-order chi connectivity index (χ0) is 12.1. The molecule has 0 saturated heterocycles. The quantitative estimate of drug-likeness (QED) is 0.898. The summed E-state index contributed by atoms with van der Waals surface area (Å²) in [6.45, 7) is 2.43. The van der Waals surface area contributed by atoms with E-state index in [1.807, 2.05) is 6.92 Å². The maximum absolute atomic E-state index is 11.7. The number of amides is 1. The van der Waals surface area contributed by atoms with Crippen LogP contribution in [0.1, 0.15) is 23.7 Å². The molecule has 0 radical (unpaired) electrons. The molecule has 6 heteroatoms. The van der Waals surface area contributed by atoms with Crippen LogP contribution in [0.4, 0.5) is 0 Å². The lowest BCUT2D eigenvalue weighted by atomic mass is 10.2. The zero-order valence-electron chi connectivity index (χ0n) is 9.37. The Balaban J connectivity index is 0.00000256. The van der Waals surface area contributed by atoms with Crippen LogP contribution in [-0.2, 0) is 0 Å². The van der Waals surface area contributed by atoms with Crippen molar-refractivity contribution in [3.63, 3.8) is 0 Å². The summed E-state index contributed by atoms with van der Waals surface area (Å²) in [5.41, 5.74) is 6.03. The van der Waals surface area contributed by atoms with Gasteiger partial charge in [0.1, 0.15) is 0 Å². The summed E-state index contributed by atoms with van der Waals surface area (Å²) >= 11 is 11.6. The molecule has 1 unspecified atom stereocenters. The maximum Gasteiger partial charge on any atom is 0.251 e. The largest absolute Gasteiger partial charge is 0.352 e. The van der Waals surface area contributed by atoms with Crippen LogP contribution in [0, 0.1) is 0 Å². The van der Waals surface area contributed by atoms with Crippen molar-refractivity contribution in [3.8, 4) is 0 Å². The van der Waals surface area contributed by atoms with Crippen LogP contribution in [0.3, 0.4) is 0 Å². The molecular formula is C11H15Cl3N2O.